The molecule has 0 aromatic heterocycles. The van der Waals surface area contributed by atoms with Crippen molar-refractivity contribution in [3.05, 3.63) is 12.2 Å². The normalized spacial score (nSPS) is 55.0. The van der Waals surface area contributed by atoms with Crippen molar-refractivity contribution in [2.45, 2.75) is 78.2 Å². The molecule has 0 radical (unpaired) electrons. The van der Waals surface area contributed by atoms with Gasteiger partial charge in [-0.15, -0.1) is 0 Å². The van der Waals surface area contributed by atoms with Gasteiger partial charge >= 0.3 is 0 Å². The third-order valence-corrected chi connectivity index (χ3v) is 8.26. The molecule has 6 unspecified atom stereocenters. The van der Waals surface area contributed by atoms with Crippen LogP contribution in [0, 0.1) is 34.0 Å². The van der Waals surface area contributed by atoms with Gasteiger partial charge in [-0.1, -0.05) is 32.9 Å². The molecule has 0 amide bonds. The number of aliphatic hydroxyl groups excluding tert-OH is 1. The van der Waals surface area contributed by atoms with Crippen LogP contribution in [-0.2, 0) is 0 Å². The topological polar surface area (TPSA) is 20.2 Å². The van der Waals surface area contributed by atoms with Gasteiger partial charge in [0.05, 0.1) is 6.10 Å². The Morgan fingerprint density at radius 2 is 1.76 bits per heavy atom. The van der Waals surface area contributed by atoms with E-state index in [-0.39, 0.29) is 6.10 Å². The largest absolute Gasteiger partial charge is 0.393 e. The van der Waals surface area contributed by atoms with Crippen LogP contribution in [0.3, 0.4) is 0 Å². The number of rotatable bonds is 0. The van der Waals surface area contributed by atoms with E-state index in [0.717, 1.165) is 30.6 Å². The summed E-state index contributed by atoms with van der Waals surface area (Å²) in [6.07, 6.45) is 10.2. The lowest BCUT2D eigenvalue weighted by Gasteiger charge is -2.64. The average Bonchev–Trinajstić information content (AvgIpc) is 2.57. The second kappa shape index (κ2) is 4.16. The fourth-order valence-corrected chi connectivity index (χ4v) is 7.85. The highest BCUT2D eigenvalue weighted by Gasteiger charge is 2.63. The Bertz CT molecular complexity index is 478. The van der Waals surface area contributed by atoms with Gasteiger partial charge in [0.25, 0.3) is 0 Å². The molecular formula is C20H32O. The molecule has 2 bridgehead atoms. The predicted molar refractivity (Wildman–Crippen MR) is 86.9 cm³/mol. The van der Waals surface area contributed by atoms with Crippen LogP contribution in [-0.4, -0.2) is 11.2 Å². The highest BCUT2D eigenvalue weighted by atomic mass is 16.3. The second-order valence-corrected chi connectivity index (χ2v) is 9.88. The van der Waals surface area contributed by atoms with Crippen LogP contribution in [0.15, 0.2) is 12.2 Å². The summed E-state index contributed by atoms with van der Waals surface area (Å²) in [7, 11) is 0. The summed E-state index contributed by atoms with van der Waals surface area (Å²) in [6.45, 7) is 11.8. The van der Waals surface area contributed by atoms with Crippen molar-refractivity contribution in [1.82, 2.24) is 0 Å². The van der Waals surface area contributed by atoms with Crippen molar-refractivity contribution < 1.29 is 5.11 Å². The van der Waals surface area contributed by atoms with Gasteiger partial charge in [-0.05, 0) is 85.4 Å². The number of hydrogen-bond acceptors (Lipinski definition) is 1. The molecule has 4 fully saturated rings. The molecule has 4 rings (SSSR count). The summed E-state index contributed by atoms with van der Waals surface area (Å²) in [4.78, 5) is 0. The number of hydrogen-bond donors (Lipinski definition) is 1. The van der Waals surface area contributed by atoms with Crippen molar-refractivity contribution in [2.75, 3.05) is 0 Å². The molecule has 1 nitrogen and oxygen atoms in total. The Balaban J connectivity index is 1.75. The third kappa shape index (κ3) is 1.79. The standard InChI is InChI=1S/C20H32O/c1-13-9-20-8-7-16-18(2,3)11-15(21)12-19(16,4)17(20)6-5-14(13)10-20/h14-17,21H,1,5-12H2,2-4H3. The van der Waals surface area contributed by atoms with Crippen molar-refractivity contribution in [2.24, 2.45) is 34.0 Å². The summed E-state index contributed by atoms with van der Waals surface area (Å²) in [5.74, 6) is 2.45. The van der Waals surface area contributed by atoms with Crippen LogP contribution in [0.5, 0.6) is 0 Å². The van der Waals surface area contributed by atoms with Gasteiger partial charge in [-0.3, -0.25) is 0 Å². The van der Waals surface area contributed by atoms with Crippen LogP contribution in [0.2, 0.25) is 0 Å². The van der Waals surface area contributed by atoms with Gasteiger partial charge < -0.3 is 5.11 Å². The van der Waals surface area contributed by atoms with Gasteiger partial charge in [0, 0.05) is 0 Å². The number of fused-ring (bicyclic) bond motifs is 3. The van der Waals surface area contributed by atoms with E-state index in [9.17, 15) is 5.11 Å². The zero-order valence-electron chi connectivity index (χ0n) is 14.1. The predicted octanol–water partition coefficient (Wildman–Crippen LogP) is 4.95. The summed E-state index contributed by atoms with van der Waals surface area (Å²) in [5.41, 5.74) is 2.77. The van der Waals surface area contributed by atoms with E-state index in [1.165, 1.54) is 38.5 Å². The molecule has 4 saturated carbocycles. The second-order valence-electron chi connectivity index (χ2n) is 9.88. The summed E-state index contributed by atoms with van der Waals surface area (Å²) in [5, 5.41) is 10.5. The molecule has 0 heterocycles. The SMILES string of the molecule is C=C1CC23CCC4C(C)(C)CC(O)CC4(C)C2CCC1C3. The lowest BCUT2D eigenvalue weighted by atomic mass is 9.41. The van der Waals surface area contributed by atoms with Crippen LogP contribution in [0.1, 0.15) is 72.1 Å². The van der Waals surface area contributed by atoms with Crippen LogP contribution in [0.25, 0.3) is 0 Å². The zero-order chi connectivity index (χ0) is 15.0. The van der Waals surface area contributed by atoms with E-state index in [0.29, 0.717) is 16.2 Å². The Morgan fingerprint density at radius 1 is 1.00 bits per heavy atom. The first-order valence-electron chi connectivity index (χ1n) is 9.13. The van der Waals surface area contributed by atoms with E-state index >= 15 is 0 Å². The van der Waals surface area contributed by atoms with Gasteiger partial charge in [0.2, 0.25) is 0 Å². The molecule has 1 N–H and O–H groups in total. The Labute approximate surface area is 130 Å². The fraction of sp³-hybridized carbons (Fsp3) is 0.900. The van der Waals surface area contributed by atoms with Crippen LogP contribution >= 0.6 is 0 Å². The highest BCUT2D eigenvalue weighted by Crippen LogP contribution is 2.72. The molecule has 21 heavy (non-hydrogen) atoms. The maximum Gasteiger partial charge on any atom is 0.0550 e. The molecule has 0 aliphatic heterocycles. The first-order chi connectivity index (χ1) is 9.77. The molecule has 0 saturated heterocycles. The molecule has 4 aliphatic rings. The number of aliphatic hydroxyl groups is 1. The molecule has 6 atom stereocenters. The summed E-state index contributed by atoms with van der Waals surface area (Å²) >= 11 is 0. The van der Waals surface area contributed by atoms with Crippen molar-refractivity contribution in [3.8, 4) is 0 Å². The van der Waals surface area contributed by atoms with Gasteiger partial charge in [-0.25, -0.2) is 0 Å². The monoisotopic (exact) mass is 288 g/mol. The van der Waals surface area contributed by atoms with Crippen molar-refractivity contribution >= 4 is 0 Å². The van der Waals surface area contributed by atoms with Crippen molar-refractivity contribution in [3.63, 3.8) is 0 Å². The lowest BCUT2D eigenvalue weighted by Crippen LogP contribution is -2.58. The summed E-state index contributed by atoms with van der Waals surface area (Å²) in [6, 6.07) is 0. The molecule has 0 aromatic rings. The van der Waals surface area contributed by atoms with Crippen LogP contribution < -0.4 is 0 Å². The van der Waals surface area contributed by atoms with Crippen LogP contribution in [0.4, 0.5) is 0 Å². The average molecular weight is 288 g/mol. The minimum atomic E-state index is -0.0845. The van der Waals surface area contributed by atoms with E-state index < -0.39 is 0 Å². The number of allylic oxidation sites excluding steroid dienone is 1. The lowest BCUT2D eigenvalue weighted by molar-refractivity contribution is -0.171. The smallest absolute Gasteiger partial charge is 0.0550 e. The van der Waals surface area contributed by atoms with Crippen molar-refractivity contribution in [1.29, 1.82) is 0 Å². The molecule has 1 heteroatoms. The molecule has 118 valence electrons. The Morgan fingerprint density at radius 3 is 2.52 bits per heavy atom. The molecule has 4 aliphatic carbocycles. The maximum atomic E-state index is 10.5. The van der Waals surface area contributed by atoms with Gasteiger partial charge in [0.1, 0.15) is 0 Å². The van der Waals surface area contributed by atoms with E-state index in [1.807, 2.05) is 0 Å². The minimum Gasteiger partial charge on any atom is -0.393 e. The minimum absolute atomic E-state index is 0.0845. The Hall–Kier alpha value is -0.300. The summed E-state index contributed by atoms with van der Waals surface area (Å²) < 4.78 is 0. The quantitative estimate of drug-likeness (QED) is 0.626. The van der Waals surface area contributed by atoms with Gasteiger partial charge in [0.15, 0.2) is 0 Å². The third-order valence-electron chi connectivity index (χ3n) is 8.26. The van der Waals surface area contributed by atoms with Gasteiger partial charge in [-0.2, -0.15) is 0 Å². The van der Waals surface area contributed by atoms with E-state index in [4.69, 9.17) is 0 Å². The fourth-order valence-electron chi connectivity index (χ4n) is 7.85. The maximum absolute atomic E-state index is 10.5. The zero-order valence-corrected chi connectivity index (χ0v) is 14.1. The molecular weight excluding hydrogens is 256 g/mol. The first kappa shape index (κ1) is 14.3. The molecule has 0 aromatic carbocycles. The van der Waals surface area contributed by atoms with E-state index in [1.54, 1.807) is 5.57 Å². The van der Waals surface area contributed by atoms with E-state index in [2.05, 4.69) is 27.4 Å². The Kier molecular flexibility index (Phi) is 2.83. The first-order valence-corrected chi connectivity index (χ1v) is 9.13. The molecule has 1 spiro atoms. The highest BCUT2D eigenvalue weighted by molar-refractivity contribution is 5.22.